The van der Waals surface area contributed by atoms with E-state index in [9.17, 15) is 4.39 Å². The molecule has 0 aliphatic heterocycles. The van der Waals surface area contributed by atoms with Gasteiger partial charge in [-0.3, -0.25) is 4.39 Å². The molecule has 0 atom stereocenters. The van der Waals surface area contributed by atoms with Gasteiger partial charge in [-0.1, -0.05) is 48.5 Å². The van der Waals surface area contributed by atoms with Crippen molar-refractivity contribution in [3.8, 4) is 17.2 Å². The van der Waals surface area contributed by atoms with Crippen LogP contribution >= 0.6 is 0 Å². The van der Waals surface area contributed by atoms with Gasteiger partial charge in [0.2, 0.25) is 0 Å². The summed E-state index contributed by atoms with van der Waals surface area (Å²) in [7, 11) is 0. The lowest BCUT2D eigenvalue weighted by molar-refractivity contribution is 0.312. The van der Waals surface area contributed by atoms with E-state index >= 15 is 0 Å². The van der Waals surface area contributed by atoms with Crippen LogP contribution in [0.2, 0.25) is 0 Å². The molecule has 0 saturated heterocycles. The molecule has 0 unspecified atom stereocenters. The Hall–Kier alpha value is -2.14. The van der Waals surface area contributed by atoms with Gasteiger partial charge in [-0.2, -0.15) is 5.26 Å². The summed E-state index contributed by atoms with van der Waals surface area (Å²) < 4.78 is 12.3. The first-order chi connectivity index (χ1) is 12.8. The molecule has 1 nitrogen and oxygen atoms in total. The molecule has 0 heterocycles. The Labute approximate surface area is 156 Å². The Kier molecular flexibility index (Phi) is 6.83. The molecule has 0 N–H and O–H groups in total. The van der Waals surface area contributed by atoms with Crippen LogP contribution in [-0.2, 0) is 6.42 Å². The van der Waals surface area contributed by atoms with E-state index in [1.54, 1.807) is 0 Å². The number of hydrogen-bond acceptors (Lipinski definition) is 1. The van der Waals surface area contributed by atoms with E-state index in [4.69, 9.17) is 5.26 Å². The third-order valence-electron chi connectivity index (χ3n) is 5.78. The van der Waals surface area contributed by atoms with Crippen LogP contribution < -0.4 is 0 Å². The highest BCUT2D eigenvalue weighted by Crippen LogP contribution is 2.38. The number of halogens is 1. The maximum Gasteiger partial charge on any atom is 0.0897 e. The summed E-state index contributed by atoms with van der Waals surface area (Å²) in [6.45, 7) is -0.247. The first kappa shape index (κ1) is 18.6. The lowest BCUT2D eigenvalue weighted by Gasteiger charge is -2.28. The number of aryl methyl sites for hydroxylation is 1. The van der Waals surface area contributed by atoms with E-state index in [-0.39, 0.29) is 6.67 Å². The van der Waals surface area contributed by atoms with E-state index in [1.165, 1.54) is 47.9 Å². The molecule has 136 valence electrons. The fourth-order valence-corrected chi connectivity index (χ4v) is 4.14. The van der Waals surface area contributed by atoms with E-state index in [1.807, 2.05) is 0 Å². The molecule has 3 rings (SSSR count). The van der Waals surface area contributed by atoms with Crippen LogP contribution in [0.1, 0.15) is 62.0 Å². The van der Waals surface area contributed by atoms with Crippen LogP contribution in [0.3, 0.4) is 0 Å². The first-order valence-corrected chi connectivity index (χ1v) is 9.92. The Morgan fingerprint density at radius 3 is 2.08 bits per heavy atom. The molecule has 1 saturated carbocycles. The van der Waals surface area contributed by atoms with E-state index in [2.05, 4.69) is 54.6 Å². The van der Waals surface area contributed by atoms with Crippen LogP contribution in [0.25, 0.3) is 11.1 Å². The minimum Gasteiger partial charge on any atom is -0.251 e. The summed E-state index contributed by atoms with van der Waals surface area (Å²) in [6, 6.07) is 19.8. The van der Waals surface area contributed by atoms with Crippen LogP contribution in [-0.4, -0.2) is 6.67 Å². The Bertz CT molecular complexity index is 703. The van der Waals surface area contributed by atoms with Gasteiger partial charge in [0, 0.05) is 6.42 Å². The van der Waals surface area contributed by atoms with Crippen LogP contribution in [0.5, 0.6) is 0 Å². The number of alkyl halides is 1. The quantitative estimate of drug-likeness (QED) is 0.537. The summed E-state index contributed by atoms with van der Waals surface area (Å²) in [5, 5.41) is 8.74. The van der Waals surface area contributed by atoms with Gasteiger partial charge in [0.15, 0.2) is 0 Å². The maximum absolute atomic E-state index is 12.3. The molecule has 1 aliphatic carbocycles. The fraction of sp³-hybridized carbons (Fsp3) is 0.458. The van der Waals surface area contributed by atoms with Gasteiger partial charge in [0.25, 0.3) is 0 Å². The van der Waals surface area contributed by atoms with Gasteiger partial charge in [0.1, 0.15) is 0 Å². The molecule has 0 bridgehead atoms. The van der Waals surface area contributed by atoms with Crippen molar-refractivity contribution in [1.29, 1.82) is 5.26 Å². The zero-order chi connectivity index (χ0) is 18.2. The standard InChI is InChI=1S/C24H28FN/c25-17-1-3-19-5-9-21(10-6-19)23-13-15-24(16-14-23)22-11-7-20(8-12-22)4-2-18-26/h5-6,9-10,13-16,20,22H,1-4,7-8,11-12,17H2/t20-,22-. The highest BCUT2D eigenvalue weighted by Gasteiger charge is 2.22. The summed E-state index contributed by atoms with van der Waals surface area (Å²) in [6.07, 6.45) is 8.21. The zero-order valence-electron chi connectivity index (χ0n) is 15.5. The largest absolute Gasteiger partial charge is 0.251 e. The molecule has 26 heavy (non-hydrogen) atoms. The second-order valence-electron chi connectivity index (χ2n) is 7.53. The molecular weight excluding hydrogens is 321 g/mol. The third-order valence-corrected chi connectivity index (χ3v) is 5.78. The van der Waals surface area contributed by atoms with Crippen molar-refractivity contribution >= 4 is 0 Å². The first-order valence-electron chi connectivity index (χ1n) is 9.92. The molecule has 2 aromatic carbocycles. The Morgan fingerprint density at radius 1 is 0.885 bits per heavy atom. The van der Waals surface area contributed by atoms with Crippen molar-refractivity contribution in [3.05, 3.63) is 59.7 Å². The number of rotatable bonds is 7. The maximum atomic E-state index is 12.3. The Balaban J connectivity index is 1.58. The molecule has 2 heteroatoms. The molecule has 2 aromatic rings. The smallest absolute Gasteiger partial charge is 0.0897 e. The fourth-order valence-electron chi connectivity index (χ4n) is 4.14. The Morgan fingerprint density at radius 2 is 1.50 bits per heavy atom. The number of nitriles is 1. The van der Waals surface area contributed by atoms with Crippen LogP contribution in [0.4, 0.5) is 4.39 Å². The third kappa shape index (κ3) is 4.94. The van der Waals surface area contributed by atoms with Crippen molar-refractivity contribution in [2.45, 2.75) is 57.3 Å². The van der Waals surface area contributed by atoms with Crippen molar-refractivity contribution in [3.63, 3.8) is 0 Å². The van der Waals surface area contributed by atoms with Crippen molar-refractivity contribution < 1.29 is 4.39 Å². The molecule has 0 aromatic heterocycles. The normalized spacial score (nSPS) is 19.8. The molecular formula is C24H28FN. The predicted octanol–water partition coefficient (Wildman–Crippen LogP) is 6.83. The zero-order valence-corrected chi connectivity index (χ0v) is 15.5. The van der Waals surface area contributed by atoms with E-state index < -0.39 is 0 Å². The summed E-state index contributed by atoms with van der Waals surface area (Å²) in [5.74, 6) is 1.42. The molecule has 1 aliphatic rings. The van der Waals surface area contributed by atoms with Gasteiger partial charge in [-0.25, -0.2) is 0 Å². The second kappa shape index (κ2) is 9.53. The summed E-state index contributed by atoms with van der Waals surface area (Å²) in [4.78, 5) is 0. The topological polar surface area (TPSA) is 23.8 Å². The SMILES string of the molecule is N#CCC[C@H]1CC[C@H](c2ccc(-c3ccc(CCCF)cc3)cc2)CC1. The number of nitrogens with zero attached hydrogens (tertiary/aromatic N) is 1. The van der Waals surface area contributed by atoms with E-state index in [0.717, 1.165) is 18.8 Å². The number of hydrogen-bond donors (Lipinski definition) is 0. The average Bonchev–Trinajstić information content (AvgIpc) is 2.72. The van der Waals surface area contributed by atoms with Crippen LogP contribution in [0.15, 0.2) is 48.5 Å². The second-order valence-corrected chi connectivity index (χ2v) is 7.53. The lowest BCUT2D eigenvalue weighted by atomic mass is 9.77. The minimum absolute atomic E-state index is 0.247. The molecule has 1 fully saturated rings. The summed E-state index contributed by atoms with van der Waals surface area (Å²) >= 11 is 0. The van der Waals surface area contributed by atoms with E-state index in [0.29, 0.717) is 18.8 Å². The minimum atomic E-state index is -0.247. The van der Waals surface area contributed by atoms with Crippen molar-refractivity contribution in [2.24, 2.45) is 5.92 Å². The van der Waals surface area contributed by atoms with Gasteiger partial charge >= 0.3 is 0 Å². The number of benzene rings is 2. The van der Waals surface area contributed by atoms with Crippen LogP contribution in [0, 0.1) is 17.2 Å². The van der Waals surface area contributed by atoms with Gasteiger partial charge in [0.05, 0.1) is 12.7 Å². The molecule has 0 radical (unpaired) electrons. The highest BCUT2D eigenvalue weighted by atomic mass is 19.1. The average molecular weight is 349 g/mol. The van der Waals surface area contributed by atoms with Gasteiger partial charge in [-0.05, 0) is 79.0 Å². The lowest BCUT2D eigenvalue weighted by Crippen LogP contribution is -2.13. The molecule has 0 amide bonds. The van der Waals surface area contributed by atoms with Gasteiger partial charge < -0.3 is 0 Å². The van der Waals surface area contributed by atoms with Gasteiger partial charge in [-0.15, -0.1) is 0 Å². The monoisotopic (exact) mass is 349 g/mol. The molecule has 0 spiro atoms. The predicted molar refractivity (Wildman–Crippen MR) is 106 cm³/mol. The summed E-state index contributed by atoms with van der Waals surface area (Å²) in [5.41, 5.74) is 5.12. The van der Waals surface area contributed by atoms with Crippen molar-refractivity contribution in [2.75, 3.05) is 6.67 Å². The van der Waals surface area contributed by atoms with Crippen molar-refractivity contribution in [1.82, 2.24) is 0 Å². The highest BCUT2D eigenvalue weighted by molar-refractivity contribution is 5.64.